The van der Waals surface area contributed by atoms with E-state index in [-0.39, 0.29) is 23.7 Å². The monoisotopic (exact) mass is 429 g/mol. The number of H-pyrrole nitrogens is 1. The summed E-state index contributed by atoms with van der Waals surface area (Å²) in [5.41, 5.74) is 1.02. The molecule has 1 unspecified atom stereocenters. The molecule has 3 aromatic rings. The van der Waals surface area contributed by atoms with Crippen molar-refractivity contribution in [2.75, 3.05) is 19.8 Å². The van der Waals surface area contributed by atoms with E-state index < -0.39 is 0 Å². The summed E-state index contributed by atoms with van der Waals surface area (Å²) in [6.45, 7) is 11.7. The van der Waals surface area contributed by atoms with Crippen LogP contribution < -0.4 is 15.2 Å². The van der Waals surface area contributed by atoms with Crippen LogP contribution in [-0.4, -0.2) is 50.1 Å². The lowest BCUT2D eigenvalue weighted by Crippen LogP contribution is -3.11. The molecule has 9 nitrogen and oxygen atoms in total. The van der Waals surface area contributed by atoms with E-state index >= 15 is 0 Å². The predicted octanol–water partition coefficient (Wildman–Crippen LogP) is 1.20. The van der Waals surface area contributed by atoms with E-state index in [9.17, 15) is 9.90 Å². The van der Waals surface area contributed by atoms with Gasteiger partial charge in [-0.2, -0.15) is 0 Å². The van der Waals surface area contributed by atoms with Crippen molar-refractivity contribution >= 4 is 10.9 Å². The molecular weight excluding hydrogens is 396 g/mol. The normalized spacial score (nSPS) is 14.0. The Balaban J connectivity index is 1.98. The van der Waals surface area contributed by atoms with E-state index in [4.69, 9.17) is 4.74 Å². The molecule has 0 saturated heterocycles. The smallest absolute Gasteiger partial charge is 0.257 e. The van der Waals surface area contributed by atoms with Crippen LogP contribution in [0, 0.1) is 0 Å². The summed E-state index contributed by atoms with van der Waals surface area (Å²) in [6.07, 6.45) is 0.770. The molecule has 2 heterocycles. The number of hydrogen-bond acceptors (Lipinski definition) is 6. The summed E-state index contributed by atoms with van der Waals surface area (Å²) in [5.74, 6) is 1.53. The van der Waals surface area contributed by atoms with Gasteiger partial charge in [0.15, 0.2) is 0 Å². The van der Waals surface area contributed by atoms with Crippen LogP contribution in [0.15, 0.2) is 29.1 Å². The van der Waals surface area contributed by atoms with Crippen molar-refractivity contribution in [2.45, 2.75) is 59.2 Å². The molecule has 3 N–H and O–H groups in total. The molecule has 3 rings (SSSR count). The number of pyridine rings is 1. The Kier molecular flexibility index (Phi) is 7.07. The Hall–Kier alpha value is -2.78. The Bertz CT molecular complexity index is 1070. The van der Waals surface area contributed by atoms with Crippen LogP contribution >= 0.6 is 0 Å². The molecule has 0 saturated carbocycles. The number of benzene rings is 1. The minimum Gasteiger partial charge on any atom is -0.494 e. The molecular formula is C22H33N6O3+. The van der Waals surface area contributed by atoms with Crippen LogP contribution in [0.25, 0.3) is 10.9 Å². The van der Waals surface area contributed by atoms with E-state index in [1.807, 2.05) is 35.9 Å². The molecule has 0 aliphatic heterocycles. The number of fused-ring (bicyclic) bond motifs is 1. The SMILES string of the molecule is CCOc1ccc2[nH]c(=O)c(C[NH+](CCO)[C@@H](CC)c3nnnn3C(C)(C)C)cc2c1. The topological polar surface area (TPSA) is 110 Å². The molecule has 31 heavy (non-hydrogen) atoms. The molecule has 0 spiro atoms. The lowest BCUT2D eigenvalue weighted by atomic mass is 10.1. The van der Waals surface area contributed by atoms with Crippen molar-refractivity contribution in [3.8, 4) is 5.75 Å². The van der Waals surface area contributed by atoms with Gasteiger partial charge < -0.3 is 19.7 Å². The molecule has 0 aliphatic rings. The van der Waals surface area contributed by atoms with Crippen LogP contribution in [0.5, 0.6) is 5.75 Å². The largest absolute Gasteiger partial charge is 0.494 e. The second-order valence-electron chi connectivity index (χ2n) is 8.69. The Morgan fingerprint density at radius 1 is 1.26 bits per heavy atom. The van der Waals surface area contributed by atoms with Gasteiger partial charge in [0.2, 0.25) is 5.82 Å². The zero-order valence-electron chi connectivity index (χ0n) is 19.0. The summed E-state index contributed by atoms with van der Waals surface area (Å²) < 4.78 is 7.43. The molecule has 0 radical (unpaired) electrons. The molecule has 2 aromatic heterocycles. The standard InChI is InChI=1S/C22H32N6O3/c1-6-19(20-24-25-26-28(20)22(3,4)5)27(10-11-29)14-16-12-15-13-17(31-7-2)8-9-18(15)23-21(16)30/h8-9,12-13,19,29H,6-7,10-11,14H2,1-5H3,(H,23,30)/p+1/t19-/m0/s1. The lowest BCUT2D eigenvalue weighted by Gasteiger charge is -2.29. The maximum atomic E-state index is 12.8. The third-order valence-electron chi connectivity index (χ3n) is 5.40. The van der Waals surface area contributed by atoms with E-state index in [1.165, 1.54) is 0 Å². The van der Waals surface area contributed by atoms with Gasteiger partial charge in [-0.15, -0.1) is 5.10 Å². The highest BCUT2D eigenvalue weighted by Gasteiger charge is 2.32. The van der Waals surface area contributed by atoms with Gasteiger partial charge in [0.1, 0.15) is 24.9 Å². The Morgan fingerprint density at radius 2 is 2.03 bits per heavy atom. The minimum atomic E-state index is -0.271. The number of tetrazole rings is 1. The highest BCUT2D eigenvalue weighted by molar-refractivity contribution is 5.80. The van der Waals surface area contributed by atoms with E-state index in [0.717, 1.165) is 33.8 Å². The fourth-order valence-corrected chi connectivity index (χ4v) is 3.93. The zero-order valence-corrected chi connectivity index (χ0v) is 19.0. The number of quaternary nitrogens is 1. The van der Waals surface area contributed by atoms with Crippen molar-refractivity contribution in [3.05, 3.63) is 46.0 Å². The third-order valence-corrected chi connectivity index (χ3v) is 5.40. The number of aromatic nitrogens is 5. The Morgan fingerprint density at radius 3 is 2.68 bits per heavy atom. The first-order chi connectivity index (χ1) is 14.8. The molecule has 168 valence electrons. The maximum absolute atomic E-state index is 12.8. The molecule has 1 aromatic carbocycles. The number of aliphatic hydroxyl groups is 1. The molecule has 0 bridgehead atoms. The third kappa shape index (κ3) is 5.11. The van der Waals surface area contributed by atoms with Gasteiger partial charge in [0.05, 0.1) is 24.3 Å². The van der Waals surface area contributed by atoms with Crippen molar-refractivity contribution in [2.24, 2.45) is 0 Å². The van der Waals surface area contributed by atoms with Crippen molar-refractivity contribution in [3.63, 3.8) is 0 Å². The number of rotatable bonds is 9. The number of hydrogen-bond donors (Lipinski definition) is 3. The van der Waals surface area contributed by atoms with Crippen LogP contribution in [0.4, 0.5) is 0 Å². The predicted molar refractivity (Wildman–Crippen MR) is 118 cm³/mol. The van der Waals surface area contributed by atoms with Crippen molar-refractivity contribution in [1.29, 1.82) is 0 Å². The van der Waals surface area contributed by atoms with Crippen molar-refractivity contribution in [1.82, 2.24) is 25.2 Å². The molecule has 2 atom stereocenters. The van der Waals surface area contributed by atoms with Crippen LogP contribution in [-0.2, 0) is 12.1 Å². The fourth-order valence-electron chi connectivity index (χ4n) is 3.93. The first-order valence-corrected chi connectivity index (χ1v) is 10.8. The van der Waals surface area contributed by atoms with Gasteiger partial charge in [0, 0.05) is 17.3 Å². The second kappa shape index (κ2) is 9.57. The van der Waals surface area contributed by atoms with Gasteiger partial charge in [-0.05, 0) is 62.4 Å². The van der Waals surface area contributed by atoms with Crippen LogP contribution in [0.2, 0.25) is 0 Å². The fraction of sp³-hybridized carbons (Fsp3) is 0.545. The summed E-state index contributed by atoms with van der Waals surface area (Å²) >= 11 is 0. The average molecular weight is 430 g/mol. The number of ether oxygens (including phenoxy) is 1. The van der Waals surface area contributed by atoms with Gasteiger partial charge in [-0.3, -0.25) is 4.79 Å². The first kappa shape index (κ1) is 22.9. The summed E-state index contributed by atoms with van der Waals surface area (Å²) in [4.78, 5) is 16.8. The number of aromatic amines is 1. The van der Waals surface area contributed by atoms with E-state index in [0.29, 0.717) is 25.3 Å². The van der Waals surface area contributed by atoms with E-state index in [2.05, 4.69) is 48.2 Å². The maximum Gasteiger partial charge on any atom is 0.257 e. The molecule has 0 aliphatic carbocycles. The Labute approximate surface area is 182 Å². The number of aliphatic hydroxyl groups excluding tert-OH is 1. The minimum absolute atomic E-state index is 0.00287. The summed E-state index contributed by atoms with van der Waals surface area (Å²) in [7, 11) is 0. The number of nitrogens with zero attached hydrogens (tertiary/aromatic N) is 4. The number of nitrogens with one attached hydrogen (secondary N) is 2. The van der Waals surface area contributed by atoms with Crippen LogP contribution in [0.1, 0.15) is 58.5 Å². The quantitative estimate of drug-likeness (QED) is 0.471. The first-order valence-electron chi connectivity index (χ1n) is 10.8. The molecule has 0 amide bonds. The van der Waals surface area contributed by atoms with Gasteiger partial charge >= 0.3 is 0 Å². The highest BCUT2D eigenvalue weighted by Crippen LogP contribution is 2.20. The highest BCUT2D eigenvalue weighted by atomic mass is 16.5. The molecule has 0 fully saturated rings. The van der Waals surface area contributed by atoms with Gasteiger partial charge in [0.25, 0.3) is 5.56 Å². The summed E-state index contributed by atoms with van der Waals surface area (Å²) in [6, 6.07) is 7.49. The van der Waals surface area contributed by atoms with Gasteiger partial charge in [-0.1, -0.05) is 6.92 Å². The van der Waals surface area contributed by atoms with Crippen LogP contribution in [0.3, 0.4) is 0 Å². The second-order valence-corrected chi connectivity index (χ2v) is 8.69. The van der Waals surface area contributed by atoms with E-state index in [1.54, 1.807) is 0 Å². The van der Waals surface area contributed by atoms with Crippen molar-refractivity contribution < 1.29 is 14.7 Å². The zero-order chi connectivity index (χ0) is 22.6. The lowest BCUT2D eigenvalue weighted by molar-refractivity contribution is -0.946. The van der Waals surface area contributed by atoms with Gasteiger partial charge in [-0.25, -0.2) is 4.68 Å². The molecule has 9 heteroatoms. The average Bonchev–Trinajstić information content (AvgIpc) is 3.20. The summed E-state index contributed by atoms with van der Waals surface area (Å²) in [5, 5.41) is 23.0.